The van der Waals surface area contributed by atoms with Gasteiger partial charge in [-0.25, -0.2) is 4.89 Å². The lowest BCUT2D eigenvalue weighted by Gasteiger charge is -2.03. The molecule has 0 spiro atoms. The molecule has 0 bridgehead atoms. The minimum atomic E-state index is 0.428. The zero-order valence-corrected chi connectivity index (χ0v) is 18.0. The molecule has 0 N–H and O–H groups in total. The molecule has 0 aliphatic rings. The highest BCUT2D eigenvalue weighted by molar-refractivity contribution is 4.62. The molecule has 0 aliphatic carbocycles. The molecule has 0 aromatic heterocycles. The van der Waals surface area contributed by atoms with Gasteiger partial charge in [0.1, 0.15) is 6.26 Å². The Morgan fingerprint density at radius 3 is 1.43 bits per heavy atom. The van der Waals surface area contributed by atoms with Gasteiger partial charge in [0, 0.05) is 15.1 Å². The first-order chi connectivity index (χ1) is 13.9. The monoisotopic (exact) mass is 406 g/mol. The van der Waals surface area contributed by atoms with Crippen LogP contribution in [-0.4, -0.2) is 6.61 Å². The van der Waals surface area contributed by atoms with E-state index in [0.717, 1.165) is 12.8 Å². The lowest BCUT2D eigenvalue weighted by Crippen LogP contribution is -2.01. The van der Waals surface area contributed by atoms with Crippen LogP contribution in [0.25, 0.3) is 0 Å². The SMILES string of the molecule is CC=COOOOOOOCCCCCCCCCCCCCCCCCC. The first kappa shape index (κ1) is 27.3. The fourth-order valence-electron chi connectivity index (χ4n) is 2.89. The molecule has 0 saturated heterocycles. The van der Waals surface area contributed by atoms with Crippen LogP contribution >= 0.6 is 0 Å². The Hall–Kier alpha value is -0.700. The van der Waals surface area contributed by atoms with Crippen molar-refractivity contribution in [1.29, 1.82) is 0 Å². The Balaban J connectivity index is 2.98. The van der Waals surface area contributed by atoms with E-state index < -0.39 is 0 Å². The number of rotatable bonds is 24. The smallest absolute Gasteiger partial charge is 0.128 e. The first-order valence-electron chi connectivity index (χ1n) is 11.1. The average Bonchev–Trinajstić information content (AvgIpc) is 2.71. The lowest BCUT2D eigenvalue weighted by molar-refractivity contribution is -0.786. The molecule has 0 unspecified atom stereocenters. The van der Waals surface area contributed by atoms with E-state index in [4.69, 9.17) is 4.89 Å². The van der Waals surface area contributed by atoms with Gasteiger partial charge in [-0.1, -0.05) is 103 Å². The molecule has 0 saturated carbocycles. The molecule has 168 valence electrons. The van der Waals surface area contributed by atoms with Gasteiger partial charge in [0.15, 0.2) is 0 Å². The summed E-state index contributed by atoms with van der Waals surface area (Å²) in [7, 11) is 0. The normalized spacial score (nSPS) is 11.5. The predicted molar refractivity (Wildman–Crippen MR) is 107 cm³/mol. The van der Waals surface area contributed by atoms with Gasteiger partial charge in [0.25, 0.3) is 0 Å². The van der Waals surface area contributed by atoms with Gasteiger partial charge >= 0.3 is 0 Å². The Morgan fingerprint density at radius 1 is 0.500 bits per heavy atom. The maximum Gasteiger partial charge on any atom is 0.128 e. The van der Waals surface area contributed by atoms with E-state index >= 15 is 0 Å². The van der Waals surface area contributed by atoms with Gasteiger partial charge in [-0.2, -0.15) is 0 Å². The summed E-state index contributed by atoms with van der Waals surface area (Å²) < 4.78 is 0. The summed E-state index contributed by atoms with van der Waals surface area (Å²) in [4.78, 5) is 9.07. The molecule has 0 fully saturated rings. The van der Waals surface area contributed by atoms with Gasteiger partial charge in [-0.05, 0) is 29.5 Å². The highest BCUT2D eigenvalue weighted by Crippen LogP contribution is 2.13. The minimum Gasteiger partial charge on any atom is -0.314 e. The van der Waals surface area contributed by atoms with E-state index in [9.17, 15) is 0 Å². The van der Waals surface area contributed by atoms with E-state index in [0.29, 0.717) is 6.61 Å². The summed E-state index contributed by atoms with van der Waals surface area (Å²) in [6, 6.07) is 0. The van der Waals surface area contributed by atoms with Crippen molar-refractivity contribution < 1.29 is 35.0 Å². The van der Waals surface area contributed by atoms with Crippen LogP contribution < -0.4 is 0 Å². The summed E-state index contributed by atoms with van der Waals surface area (Å²) >= 11 is 0. The van der Waals surface area contributed by atoms with Crippen LogP contribution in [-0.2, 0) is 35.0 Å². The van der Waals surface area contributed by atoms with Gasteiger partial charge < -0.3 is 4.89 Å². The van der Waals surface area contributed by atoms with Crippen molar-refractivity contribution in [2.24, 2.45) is 0 Å². The number of hydrogen-bond donors (Lipinski definition) is 0. The zero-order valence-electron chi connectivity index (χ0n) is 18.0. The fraction of sp³-hybridized carbons (Fsp3) is 0.905. The van der Waals surface area contributed by atoms with E-state index in [1.165, 1.54) is 96.2 Å². The Labute approximate surface area is 171 Å². The molecule has 0 rings (SSSR count). The molecule has 7 heteroatoms. The van der Waals surface area contributed by atoms with E-state index in [1.54, 1.807) is 13.0 Å². The van der Waals surface area contributed by atoms with Gasteiger partial charge in [-0.3, -0.25) is 0 Å². The van der Waals surface area contributed by atoms with Crippen LogP contribution in [0.2, 0.25) is 0 Å². The van der Waals surface area contributed by atoms with Crippen molar-refractivity contribution in [2.75, 3.05) is 6.61 Å². The second-order valence-corrected chi connectivity index (χ2v) is 7.03. The topological polar surface area (TPSA) is 64.6 Å². The molecule has 7 nitrogen and oxygen atoms in total. The minimum absolute atomic E-state index is 0.428. The van der Waals surface area contributed by atoms with Crippen LogP contribution in [0, 0.1) is 0 Å². The fourth-order valence-corrected chi connectivity index (χ4v) is 2.89. The third kappa shape index (κ3) is 25.3. The summed E-state index contributed by atoms with van der Waals surface area (Å²) in [6.45, 7) is 4.45. The number of hydrogen-bond acceptors (Lipinski definition) is 7. The van der Waals surface area contributed by atoms with Crippen molar-refractivity contribution in [2.45, 2.75) is 117 Å². The van der Waals surface area contributed by atoms with Crippen molar-refractivity contribution in [3.05, 3.63) is 12.3 Å². The highest BCUT2D eigenvalue weighted by atomic mass is 17.9. The van der Waals surface area contributed by atoms with Gasteiger partial charge in [-0.15, -0.1) is 0 Å². The third-order valence-corrected chi connectivity index (χ3v) is 4.47. The van der Waals surface area contributed by atoms with E-state index in [1.807, 2.05) is 0 Å². The highest BCUT2D eigenvalue weighted by Gasteiger charge is 1.96. The van der Waals surface area contributed by atoms with Crippen molar-refractivity contribution >= 4 is 0 Å². The molecule has 0 radical (unpaired) electrons. The molecular weight excluding hydrogens is 364 g/mol. The Morgan fingerprint density at radius 2 is 0.929 bits per heavy atom. The van der Waals surface area contributed by atoms with E-state index in [2.05, 4.69) is 37.0 Å². The van der Waals surface area contributed by atoms with Gasteiger partial charge in [0.2, 0.25) is 0 Å². The molecule has 28 heavy (non-hydrogen) atoms. The number of allylic oxidation sites excluding steroid dienone is 1. The Bertz CT molecular complexity index is 300. The van der Waals surface area contributed by atoms with Crippen LogP contribution in [0.3, 0.4) is 0 Å². The quantitative estimate of drug-likeness (QED) is 0.0716. The molecule has 0 aliphatic heterocycles. The number of unbranched alkanes of at least 4 members (excludes halogenated alkanes) is 15. The van der Waals surface area contributed by atoms with Crippen molar-refractivity contribution in [3.8, 4) is 0 Å². The van der Waals surface area contributed by atoms with Crippen LogP contribution in [0.15, 0.2) is 12.3 Å². The van der Waals surface area contributed by atoms with E-state index in [-0.39, 0.29) is 0 Å². The third-order valence-electron chi connectivity index (χ3n) is 4.47. The first-order valence-corrected chi connectivity index (χ1v) is 11.1. The van der Waals surface area contributed by atoms with Crippen LogP contribution in [0.5, 0.6) is 0 Å². The predicted octanol–water partition coefficient (Wildman–Crippen LogP) is 7.39. The second-order valence-electron chi connectivity index (χ2n) is 7.03. The second kappa shape index (κ2) is 26.3. The lowest BCUT2D eigenvalue weighted by atomic mass is 10.0. The molecule has 0 aromatic rings. The van der Waals surface area contributed by atoms with Crippen molar-refractivity contribution in [1.82, 2.24) is 0 Å². The van der Waals surface area contributed by atoms with Crippen molar-refractivity contribution in [3.63, 3.8) is 0 Å². The van der Waals surface area contributed by atoms with Crippen LogP contribution in [0.1, 0.15) is 117 Å². The average molecular weight is 407 g/mol. The Kier molecular flexibility index (Phi) is 25.6. The molecule has 0 atom stereocenters. The maximum absolute atomic E-state index is 4.74. The molecule has 0 amide bonds. The summed E-state index contributed by atoms with van der Waals surface area (Å²) in [5.74, 6) is 0. The maximum atomic E-state index is 4.74. The standard InChI is InChI=1S/C21H42O7/c1-3-5-6-7-8-9-10-11-12-13-14-15-16-17-18-19-21-23-25-27-28-26-24-22-20-4-2/h4,20H,3,5-19,21H2,1-2H3. The molecule has 0 aromatic carbocycles. The summed E-state index contributed by atoms with van der Waals surface area (Å²) in [5, 5.41) is 20.3. The van der Waals surface area contributed by atoms with Gasteiger partial charge in [0.05, 0.1) is 6.61 Å². The molecular formula is C21H42O7. The molecule has 0 heterocycles. The summed E-state index contributed by atoms with van der Waals surface area (Å²) in [5.41, 5.74) is 0. The largest absolute Gasteiger partial charge is 0.314 e. The zero-order chi connectivity index (χ0) is 20.4. The summed E-state index contributed by atoms with van der Waals surface area (Å²) in [6.07, 6.45) is 24.2. The van der Waals surface area contributed by atoms with Crippen LogP contribution in [0.4, 0.5) is 0 Å².